The van der Waals surface area contributed by atoms with Gasteiger partial charge in [0, 0.05) is 10.9 Å². The Morgan fingerprint density at radius 2 is 1.95 bits per heavy atom. The molecule has 2 heterocycles. The molecule has 20 heavy (non-hydrogen) atoms. The number of hydrogen-bond acceptors (Lipinski definition) is 3. The van der Waals surface area contributed by atoms with Gasteiger partial charge in [-0.1, -0.05) is 31.7 Å². The average Bonchev–Trinajstić information content (AvgIpc) is 3.21. The van der Waals surface area contributed by atoms with Gasteiger partial charge in [0.15, 0.2) is 0 Å². The molecule has 108 valence electrons. The number of carbonyl (C=O) groups is 1. The standard InChI is InChI=1S/C16H22N2OS/c19-15-16(9-3-4-10-16)17-14(13-8-5-11-20-13)18(15)12-6-1-2-7-12/h5,8,11-12,14,17H,1-4,6-7,9-10H2. The molecule has 3 aliphatic rings. The molecule has 1 aliphatic heterocycles. The van der Waals surface area contributed by atoms with Crippen LogP contribution in [0.3, 0.4) is 0 Å². The van der Waals surface area contributed by atoms with Crippen molar-refractivity contribution in [2.24, 2.45) is 0 Å². The van der Waals surface area contributed by atoms with Crippen LogP contribution in [-0.2, 0) is 4.79 Å². The van der Waals surface area contributed by atoms with Crippen molar-refractivity contribution in [1.29, 1.82) is 0 Å². The first-order valence-corrected chi connectivity index (χ1v) is 8.82. The molecule has 0 bridgehead atoms. The van der Waals surface area contributed by atoms with Gasteiger partial charge in [-0.2, -0.15) is 0 Å². The summed E-state index contributed by atoms with van der Waals surface area (Å²) >= 11 is 1.77. The van der Waals surface area contributed by atoms with Gasteiger partial charge in [0.25, 0.3) is 0 Å². The van der Waals surface area contributed by atoms with Crippen molar-refractivity contribution in [3.8, 4) is 0 Å². The minimum absolute atomic E-state index is 0.128. The maximum absolute atomic E-state index is 13.1. The Balaban J connectivity index is 1.69. The first kappa shape index (κ1) is 12.8. The Labute approximate surface area is 124 Å². The van der Waals surface area contributed by atoms with Crippen molar-refractivity contribution in [1.82, 2.24) is 10.2 Å². The zero-order chi connectivity index (χ0) is 13.6. The van der Waals surface area contributed by atoms with E-state index >= 15 is 0 Å². The Hall–Kier alpha value is -0.870. The van der Waals surface area contributed by atoms with Crippen molar-refractivity contribution < 1.29 is 4.79 Å². The van der Waals surface area contributed by atoms with Crippen LogP contribution in [0, 0.1) is 0 Å². The topological polar surface area (TPSA) is 32.3 Å². The van der Waals surface area contributed by atoms with Crippen LogP contribution in [0.1, 0.15) is 62.4 Å². The number of rotatable bonds is 2. The fourth-order valence-electron chi connectivity index (χ4n) is 4.31. The van der Waals surface area contributed by atoms with E-state index in [-0.39, 0.29) is 11.7 Å². The van der Waals surface area contributed by atoms with Crippen LogP contribution in [0.15, 0.2) is 17.5 Å². The fourth-order valence-corrected chi connectivity index (χ4v) is 5.08. The Morgan fingerprint density at radius 1 is 1.20 bits per heavy atom. The highest BCUT2D eigenvalue weighted by atomic mass is 32.1. The van der Waals surface area contributed by atoms with Crippen LogP contribution in [0.25, 0.3) is 0 Å². The molecule has 4 rings (SSSR count). The summed E-state index contributed by atoms with van der Waals surface area (Å²) in [5.74, 6) is 0.389. The van der Waals surface area contributed by atoms with E-state index in [1.54, 1.807) is 11.3 Å². The lowest BCUT2D eigenvalue weighted by atomic mass is 9.97. The van der Waals surface area contributed by atoms with Gasteiger partial charge in [-0.3, -0.25) is 10.1 Å². The number of nitrogens with zero attached hydrogens (tertiary/aromatic N) is 1. The Kier molecular flexibility index (Phi) is 3.11. The predicted molar refractivity (Wildman–Crippen MR) is 80.5 cm³/mol. The quantitative estimate of drug-likeness (QED) is 0.905. The molecule has 3 fully saturated rings. The number of amides is 1. The average molecular weight is 290 g/mol. The maximum Gasteiger partial charge on any atom is 0.244 e. The van der Waals surface area contributed by atoms with Crippen LogP contribution >= 0.6 is 11.3 Å². The van der Waals surface area contributed by atoms with Gasteiger partial charge < -0.3 is 4.90 Å². The summed E-state index contributed by atoms with van der Waals surface area (Å²) in [6.45, 7) is 0. The number of nitrogens with one attached hydrogen (secondary N) is 1. The minimum atomic E-state index is -0.239. The first-order chi connectivity index (χ1) is 9.80. The van der Waals surface area contributed by atoms with Gasteiger partial charge in [0.2, 0.25) is 5.91 Å². The van der Waals surface area contributed by atoms with Crippen LogP contribution in [-0.4, -0.2) is 22.4 Å². The summed E-state index contributed by atoms with van der Waals surface area (Å²) in [7, 11) is 0. The predicted octanol–water partition coefficient (Wildman–Crippen LogP) is 3.43. The van der Waals surface area contributed by atoms with E-state index in [1.807, 2.05) is 0 Å². The summed E-state index contributed by atoms with van der Waals surface area (Å²) in [5.41, 5.74) is -0.239. The van der Waals surface area contributed by atoms with Crippen LogP contribution in [0.2, 0.25) is 0 Å². The molecule has 1 aromatic rings. The lowest BCUT2D eigenvalue weighted by Gasteiger charge is -2.29. The number of hydrogen-bond donors (Lipinski definition) is 1. The molecule has 1 spiro atoms. The van der Waals surface area contributed by atoms with E-state index in [2.05, 4.69) is 27.7 Å². The van der Waals surface area contributed by atoms with Crippen molar-refractivity contribution in [2.75, 3.05) is 0 Å². The summed E-state index contributed by atoms with van der Waals surface area (Å²) < 4.78 is 0. The van der Waals surface area contributed by atoms with E-state index in [4.69, 9.17) is 0 Å². The molecule has 1 unspecified atom stereocenters. The highest BCUT2D eigenvalue weighted by Gasteiger charge is 2.54. The molecular weight excluding hydrogens is 268 g/mol. The minimum Gasteiger partial charge on any atom is -0.317 e. The van der Waals surface area contributed by atoms with Crippen molar-refractivity contribution >= 4 is 17.2 Å². The van der Waals surface area contributed by atoms with Gasteiger partial charge in [-0.25, -0.2) is 0 Å². The van der Waals surface area contributed by atoms with Crippen molar-refractivity contribution in [2.45, 2.75) is 69.1 Å². The van der Waals surface area contributed by atoms with E-state index in [0.29, 0.717) is 11.9 Å². The van der Waals surface area contributed by atoms with Gasteiger partial charge in [-0.05, 0) is 37.1 Å². The van der Waals surface area contributed by atoms with Gasteiger partial charge in [-0.15, -0.1) is 11.3 Å². The van der Waals surface area contributed by atoms with E-state index in [1.165, 1.54) is 43.4 Å². The van der Waals surface area contributed by atoms with E-state index in [9.17, 15) is 4.79 Å². The largest absolute Gasteiger partial charge is 0.317 e. The lowest BCUT2D eigenvalue weighted by molar-refractivity contribution is -0.135. The lowest BCUT2D eigenvalue weighted by Crippen LogP contribution is -2.45. The molecule has 3 nitrogen and oxygen atoms in total. The highest BCUT2D eigenvalue weighted by molar-refractivity contribution is 7.10. The first-order valence-electron chi connectivity index (χ1n) is 7.94. The highest BCUT2D eigenvalue weighted by Crippen LogP contribution is 2.44. The molecule has 0 aromatic carbocycles. The number of carbonyl (C=O) groups excluding carboxylic acids is 1. The molecule has 1 aromatic heterocycles. The molecule has 0 radical (unpaired) electrons. The third kappa shape index (κ3) is 1.85. The van der Waals surface area contributed by atoms with Crippen molar-refractivity contribution in [3.63, 3.8) is 0 Å². The molecule has 2 saturated carbocycles. The summed E-state index contributed by atoms with van der Waals surface area (Å²) in [6, 6.07) is 4.73. The molecule has 1 amide bonds. The summed E-state index contributed by atoms with van der Waals surface area (Å²) in [5, 5.41) is 5.85. The van der Waals surface area contributed by atoms with E-state index < -0.39 is 0 Å². The Bertz CT molecular complexity index is 487. The molecular formula is C16H22N2OS. The summed E-state index contributed by atoms with van der Waals surface area (Å²) in [6.07, 6.45) is 9.48. The Morgan fingerprint density at radius 3 is 2.60 bits per heavy atom. The van der Waals surface area contributed by atoms with Gasteiger partial charge in [0.05, 0.1) is 5.54 Å². The second-order valence-electron chi connectivity index (χ2n) is 6.50. The monoisotopic (exact) mass is 290 g/mol. The van der Waals surface area contributed by atoms with Crippen LogP contribution in [0.5, 0.6) is 0 Å². The zero-order valence-corrected chi connectivity index (χ0v) is 12.6. The third-order valence-corrected chi connectivity index (χ3v) is 6.25. The van der Waals surface area contributed by atoms with Gasteiger partial charge in [0.1, 0.15) is 6.17 Å². The van der Waals surface area contributed by atoms with Crippen LogP contribution < -0.4 is 5.32 Å². The molecule has 4 heteroatoms. The molecule has 1 saturated heterocycles. The smallest absolute Gasteiger partial charge is 0.244 e. The molecule has 2 aliphatic carbocycles. The summed E-state index contributed by atoms with van der Waals surface area (Å²) in [4.78, 5) is 16.6. The third-order valence-electron chi connectivity index (χ3n) is 5.32. The van der Waals surface area contributed by atoms with Crippen LogP contribution in [0.4, 0.5) is 0 Å². The normalized spacial score (nSPS) is 29.9. The molecule has 1 N–H and O–H groups in total. The van der Waals surface area contributed by atoms with Gasteiger partial charge >= 0.3 is 0 Å². The zero-order valence-electron chi connectivity index (χ0n) is 11.8. The van der Waals surface area contributed by atoms with Crippen molar-refractivity contribution in [3.05, 3.63) is 22.4 Å². The second-order valence-corrected chi connectivity index (χ2v) is 7.48. The number of thiophene rings is 1. The maximum atomic E-state index is 13.1. The second kappa shape index (κ2) is 4.85. The van der Waals surface area contributed by atoms with E-state index in [0.717, 1.165) is 12.8 Å². The molecule has 1 atom stereocenters. The fraction of sp³-hybridized carbons (Fsp3) is 0.688. The SMILES string of the molecule is O=C1N(C2CCCC2)C(c2cccs2)NC12CCCC2.